The third-order valence-corrected chi connectivity index (χ3v) is 3.27. The lowest BCUT2D eigenvalue weighted by atomic mass is 10.2. The number of nitrogens with zero attached hydrogens (tertiary/aromatic N) is 2. The lowest BCUT2D eigenvalue weighted by Crippen LogP contribution is -2.35. The van der Waals surface area contributed by atoms with Crippen molar-refractivity contribution in [3.05, 3.63) is 76.9 Å². The van der Waals surface area contributed by atoms with E-state index in [1.807, 2.05) is 67.6 Å². The molecule has 3 nitrogen and oxygen atoms in total. The molecule has 0 amide bonds. The van der Waals surface area contributed by atoms with Crippen LogP contribution in [0.4, 0.5) is 0 Å². The van der Waals surface area contributed by atoms with Gasteiger partial charge < -0.3 is 5.21 Å². The van der Waals surface area contributed by atoms with Crippen LogP contribution in [0.15, 0.2) is 54.6 Å². The van der Waals surface area contributed by atoms with E-state index in [9.17, 15) is 5.21 Å². The second-order valence-corrected chi connectivity index (χ2v) is 4.61. The predicted molar refractivity (Wildman–Crippen MR) is 80.8 cm³/mol. The smallest absolute Gasteiger partial charge is 0.326 e. The van der Waals surface area contributed by atoms with Gasteiger partial charge in [-0.15, -0.1) is 0 Å². The molecule has 2 aromatic carbocycles. The number of aryl methyl sites for hydroxylation is 1. The summed E-state index contributed by atoms with van der Waals surface area (Å²) in [5, 5.41) is 13.1. The molecule has 3 heteroatoms. The predicted octanol–water partition coefficient (Wildman–Crippen LogP) is 3.35. The quantitative estimate of drug-likeness (QED) is 0.525. The van der Waals surface area contributed by atoms with Crippen LogP contribution in [0.1, 0.15) is 17.1 Å². The van der Waals surface area contributed by atoms with Gasteiger partial charge in [0.25, 0.3) is 0 Å². The zero-order valence-corrected chi connectivity index (χ0v) is 11.2. The molecule has 20 heavy (non-hydrogen) atoms. The van der Waals surface area contributed by atoms with Crippen molar-refractivity contribution in [2.75, 3.05) is 0 Å². The number of hydrogen-bond acceptors (Lipinski definition) is 2. The fourth-order valence-corrected chi connectivity index (χ4v) is 2.17. The molecule has 0 spiro atoms. The number of fused-ring (bicyclic) bond motifs is 1. The summed E-state index contributed by atoms with van der Waals surface area (Å²) < 4.78 is 0.877. The fraction of sp³-hybridized carbons (Fsp3) is 0.0588. The Hall–Kier alpha value is -2.68. The molecule has 0 aliphatic carbocycles. The molecule has 0 bridgehead atoms. The molecule has 0 atom stereocenters. The van der Waals surface area contributed by atoms with E-state index in [2.05, 4.69) is 4.98 Å². The van der Waals surface area contributed by atoms with E-state index >= 15 is 0 Å². The Kier molecular flexibility index (Phi) is 3.17. The molecule has 0 saturated carbocycles. The molecule has 1 aromatic heterocycles. The molecule has 0 saturated heterocycles. The second kappa shape index (κ2) is 5.13. The monoisotopic (exact) mass is 262 g/mol. The maximum Gasteiger partial charge on any atom is 0.326 e. The second-order valence-electron chi connectivity index (χ2n) is 4.61. The Morgan fingerprint density at radius 1 is 0.950 bits per heavy atom. The van der Waals surface area contributed by atoms with Crippen molar-refractivity contribution in [2.24, 2.45) is 0 Å². The fourth-order valence-electron chi connectivity index (χ4n) is 2.17. The Morgan fingerprint density at radius 3 is 2.45 bits per heavy atom. The Morgan fingerprint density at radius 2 is 1.65 bits per heavy atom. The van der Waals surface area contributed by atoms with Gasteiger partial charge >= 0.3 is 5.82 Å². The van der Waals surface area contributed by atoms with E-state index in [1.54, 1.807) is 6.08 Å². The Bertz CT molecular complexity index is 780. The van der Waals surface area contributed by atoms with Crippen molar-refractivity contribution in [3.63, 3.8) is 0 Å². The van der Waals surface area contributed by atoms with E-state index in [1.165, 1.54) is 0 Å². The highest BCUT2D eigenvalue weighted by atomic mass is 16.5. The molecule has 0 unspecified atom stereocenters. The van der Waals surface area contributed by atoms with Crippen LogP contribution in [0.25, 0.3) is 23.1 Å². The number of rotatable bonds is 2. The minimum Gasteiger partial charge on any atom is -0.710 e. The lowest BCUT2D eigenvalue weighted by Gasteiger charge is -2.09. The number of aromatic nitrogens is 2. The summed E-state index contributed by atoms with van der Waals surface area (Å²) in [6.45, 7) is 1.82. The van der Waals surface area contributed by atoms with Crippen molar-refractivity contribution in [2.45, 2.75) is 6.92 Å². The summed E-state index contributed by atoms with van der Waals surface area (Å²) in [5.41, 5.74) is 2.55. The standard InChI is InChI=1S/C17H14N2O/c1-13-15-9-5-6-10-16(15)18-17(19(13)20)12-11-14-7-3-2-4-8-14/h2-12H,1H3/b12-11+. The Balaban J connectivity index is 2.08. The highest BCUT2D eigenvalue weighted by Gasteiger charge is 2.12. The first-order chi connectivity index (χ1) is 9.75. The van der Waals surface area contributed by atoms with E-state index in [-0.39, 0.29) is 0 Å². The van der Waals surface area contributed by atoms with Crippen molar-refractivity contribution in [1.82, 2.24) is 4.98 Å². The van der Waals surface area contributed by atoms with Gasteiger partial charge in [-0.1, -0.05) is 42.5 Å². The van der Waals surface area contributed by atoms with Gasteiger partial charge in [-0.05, 0) is 35.7 Å². The molecule has 98 valence electrons. The summed E-state index contributed by atoms with van der Waals surface area (Å²) >= 11 is 0. The Labute approximate surface area is 117 Å². The first kappa shape index (κ1) is 12.4. The number of benzene rings is 2. The van der Waals surface area contributed by atoms with E-state index in [0.29, 0.717) is 11.5 Å². The van der Waals surface area contributed by atoms with Gasteiger partial charge in [-0.3, -0.25) is 0 Å². The largest absolute Gasteiger partial charge is 0.710 e. The highest BCUT2D eigenvalue weighted by Crippen LogP contribution is 2.14. The third kappa shape index (κ3) is 2.26. The van der Waals surface area contributed by atoms with Gasteiger partial charge in [0, 0.05) is 6.08 Å². The minimum atomic E-state index is 0.407. The maximum absolute atomic E-state index is 12.2. The van der Waals surface area contributed by atoms with Gasteiger partial charge in [0.2, 0.25) is 0 Å². The highest BCUT2D eigenvalue weighted by molar-refractivity contribution is 5.80. The summed E-state index contributed by atoms with van der Waals surface area (Å²) in [6, 6.07) is 17.5. The van der Waals surface area contributed by atoms with Crippen LogP contribution in [-0.4, -0.2) is 4.98 Å². The van der Waals surface area contributed by atoms with E-state index in [4.69, 9.17) is 0 Å². The van der Waals surface area contributed by atoms with Gasteiger partial charge in [0.1, 0.15) is 5.69 Å². The molecule has 0 radical (unpaired) electrons. The zero-order chi connectivity index (χ0) is 13.9. The van der Waals surface area contributed by atoms with Crippen LogP contribution in [0, 0.1) is 12.1 Å². The van der Waals surface area contributed by atoms with Crippen LogP contribution < -0.4 is 4.73 Å². The van der Waals surface area contributed by atoms with Crippen molar-refractivity contribution in [1.29, 1.82) is 0 Å². The lowest BCUT2D eigenvalue weighted by molar-refractivity contribution is -0.615. The topological polar surface area (TPSA) is 39.8 Å². The van der Waals surface area contributed by atoms with Crippen molar-refractivity contribution >= 4 is 23.1 Å². The van der Waals surface area contributed by atoms with Crippen LogP contribution in [0.3, 0.4) is 0 Å². The van der Waals surface area contributed by atoms with Gasteiger partial charge in [0.15, 0.2) is 5.52 Å². The van der Waals surface area contributed by atoms with Gasteiger partial charge in [0.05, 0.1) is 5.39 Å². The van der Waals surface area contributed by atoms with Crippen LogP contribution in [0.5, 0.6) is 0 Å². The molecule has 1 heterocycles. The average Bonchev–Trinajstić information content (AvgIpc) is 2.50. The van der Waals surface area contributed by atoms with Crippen LogP contribution in [0.2, 0.25) is 0 Å². The molecule has 3 rings (SSSR count). The summed E-state index contributed by atoms with van der Waals surface area (Å²) in [7, 11) is 0. The first-order valence-electron chi connectivity index (χ1n) is 6.48. The van der Waals surface area contributed by atoms with Crippen LogP contribution >= 0.6 is 0 Å². The minimum absolute atomic E-state index is 0.407. The van der Waals surface area contributed by atoms with E-state index in [0.717, 1.165) is 21.2 Å². The molecular weight excluding hydrogens is 248 g/mol. The zero-order valence-electron chi connectivity index (χ0n) is 11.2. The van der Waals surface area contributed by atoms with Gasteiger partial charge in [-0.2, -0.15) is 0 Å². The number of para-hydroxylation sites is 1. The molecule has 0 aliphatic heterocycles. The summed E-state index contributed by atoms with van der Waals surface area (Å²) in [5.74, 6) is 0.407. The SMILES string of the molecule is Cc1c2ccccc2nc(/C=C/c2ccccc2)[n+]1[O-]. The average molecular weight is 262 g/mol. The molecule has 0 fully saturated rings. The molecule has 0 aliphatic rings. The normalized spacial score (nSPS) is 11.2. The van der Waals surface area contributed by atoms with Crippen LogP contribution in [-0.2, 0) is 0 Å². The van der Waals surface area contributed by atoms with Crippen molar-refractivity contribution in [3.8, 4) is 0 Å². The third-order valence-electron chi connectivity index (χ3n) is 3.27. The van der Waals surface area contributed by atoms with Gasteiger partial charge in [-0.25, -0.2) is 4.73 Å². The number of hydrogen-bond donors (Lipinski definition) is 0. The first-order valence-corrected chi connectivity index (χ1v) is 6.48. The summed E-state index contributed by atoms with van der Waals surface area (Å²) in [4.78, 5) is 4.41. The summed E-state index contributed by atoms with van der Waals surface area (Å²) in [6.07, 6.45) is 3.65. The van der Waals surface area contributed by atoms with Crippen molar-refractivity contribution < 1.29 is 4.73 Å². The molecule has 3 aromatic rings. The van der Waals surface area contributed by atoms with E-state index < -0.39 is 0 Å². The molecule has 0 N–H and O–H groups in total. The maximum atomic E-state index is 12.2. The molecular formula is C17H14N2O.